The maximum Gasteiger partial charge on any atom is 0.274 e. The van der Waals surface area contributed by atoms with Crippen molar-refractivity contribution >= 4 is 0 Å². The van der Waals surface area contributed by atoms with Crippen LogP contribution in [-0.2, 0) is 12.8 Å². The van der Waals surface area contributed by atoms with Crippen molar-refractivity contribution in [3.05, 3.63) is 51.2 Å². The molecule has 5 heteroatoms. The molecular weight excluding hydrogens is 245 g/mol. The number of fused-ring (bicyclic) bond motifs is 1. The van der Waals surface area contributed by atoms with E-state index < -0.39 is 5.82 Å². The van der Waals surface area contributed by atoms with Crippen molar-refractivity contribution in [3.63, 3.8) is 0 Å². The van der Waals surface area contributed by atoms with Crippen LogP contribution in [0.2, 0.25) is 0 Å². The number of nitrogens with one attached hydrogen (secondary N) is 1. The number of halogens is 1. The smallest absolute Gasteiger partial charge is 0.274 e. The normalized spacial score (nSPS) is 13.9. The molecule has 3 rings (SSSR count). The molecule has 0 fully saturated rings. The van der Waals surface area contributed by atoms with Crippen LogP contribution in [0.3, 0.4) is 0 Å². The largest absolute Gasteiger partial charge is 0.295 e. The first-order valence-corrected chi connectivity index (χ1v) is 6.23. The van der Waals surface area contributed by atoms with Gasteiger partial charge < -0.3 is 0 Å². The monoisotopic (exact) mass is 257 g/mol. The zero-order valence-electron chi connectivity index (χ0n) is 10.2. The number of aryl methyl sites for hydroxylation is 1. The van der Waals surface area contributed by atoms with Gasteiger partial charge in [-0.3, -0.25) is 9.89 Å². The molecule has 0 aliphatic heterocycles. The van der Waals surface area contributed by atoms with Gasteiger partial charge in [0.2, 0.25) is 0 Å². The van der Waals surface area contributed by atoms with Crippen LogP contribution in [0.25, 0.3) is 5.69 Å². The van der Waals surface area contributed by atoms with Crippen molar-refractivity contribution in [1.29, 1.82) is 5.26 Å². The van der Waals surface area contributed by atoms with Crippen LogP contribution in [-0.4, -0.2) is 9.78 Å². The Hall–Kier alpha value is -2.35. The van der Waals surface area contributed by atoms with Gasteiger partial charge in [-0.2, -0.15) is 5.26 Å². The predicted molar refractivity (Wildman–Crippen MR) is 67.7 cm³/mol. The van der Waals surface area contributed by atoms with E-state index in [9.17, 15) is 9.18 Å². The van der Waals surface area contributed by atoms with Crippen LogP contribution >= 0.6 is 0 Å². The van der Waals surface area contributed by atoms with E-state index in [2.05, 4.69) is 5.10 Å². The van der Waals surface area contributed by atoms with E-state index in [0.717, 1.165) is 36.9 Å². The highest BCUT2D eigenvalue weighted by Gasteiger charge is 2.18. The maximum atomic E-state index is 13.6. The summed E-state index contributed by atoms with van der Waals surface area (Å²) >= 11 is 0. The first-order valence-electron chi connectivity index (χ1n) is 6.23. The lowest BCUT2D eigenvalue weighted by Crippen LogP contribution is -2.18. The highest BCUT2D eigenvalue weighted by atomic mass is 19.1. The van der Waals surface area contributed by atoms with Crippen LogP contribution in [0.15, 0.2) is 23.0 Å². The average Bonchev–Trinajstić information content (AvgIpc) is 2.77. The van der Waals surface area contributed by atoms with E-state index in [1.807, 2.05) is 0 Å². The van der Waals surface area contributed by atoms with Gasteiger partial charge in [-0.05, 0) is 37.8 Å². The lowest BCUT2D eigenvalue weighted by atomic mass is 9.98. The number of nitriles is 1. The Kier molecular flexibility index (Phi) is 2.71. The first-order chi connectivity index (χ1) is 9.20. The number of aromatic nitrogens is 2. The first kappa shape index (κ1) is 11.7. The fourth-order valence-electron chi connectivity index (χ4n) is 2.50. The summed E-state index contributed by atoms with van der Waals surface area (Å²) < 4.78 is 15.0. The SMILES string of the molecule is N#Cc1ccc(-n2[nH]c3c(c2=O)CCCC3)cc1F. The molecule has 4 nitrogen and oxygen atoms in total. The zero-order chi connectivity index (χ0) is 13.4. The molecule has 0 unspecified atom stereocenters. The van der Waals surface area contributed by atoms with E-state index in [-0.39, 0.29) is 11.1 Å². The molecule has 96 valence electrons. The average molecular weight is 257 g/mol. The van der Waals surface area contributed by atoms with Crippen molar-refractivity contribution in [2.24, 2.45) is 0 Å². The minimum atomic E-state index is -0.612. The Morgan fingerprint density at radius 2 is 2.11 bits per heavy atom. The van der Waals surface area contributed by atoms with Gasteiger partial charge in [-0.15, -0.1) is 0 Å². The number of aromatic amines is 1. The van der Waals surface area contributed by atoms with Crippen LogP contribution in [0.5, 0.6) is 0 Å². The molecule has 0 spiro atoms. The molecule has 0 saturated carbocycles. The molecule has 0 saturated heterocycles. The van der Waals surface area contributed by atoms with Gasteiger partial charge >= 0.3 is 0 Å². The molecular formula is C14H12FN3O. The Bertz CT molecular complexity index is 736. The lowest BCUT2D eigenvalue weighted by Gasteiger charge is -2.07. The number of rotatable bonds is 1. The molecule has 0 bridgehead atoms. The quantitative estimate of drug-likeness (QED) is 0.850. The zero-order valence-corrected chi connectivity index (χ0v) is 10.2. The Balaban J connectivity index is 2.13. The van der Waals surface area contributed by atoms with Crippen molar-refractivity contribution in [3.8, 4) is 11.8 Å². The number of hydrogen-bond donors (Lipinski definition) is 1. The molecule has 1 heterocycles. The van der Waals surface area contributed by atoms with Crippen molar-refractivity contribution in [2.45, 2.75) is 25.7 Å². The minimum absolute atomic E-state index is 0.0203. The van der Waals surface area contributed by atoms with Gasteiger partial charge in [0.25, 0.3) is 5.56 Å². The molecule has 2 aromatic rings. The predicted octanol–water partition coefficient (Wildman–Crippen LogP) is 2.06. The summed E-state index contributed by atoms with van der Waals surface area (Å²) in [5.41, 5.74) is 2.04. The van der Waals surface area contributed by atoms with Crippen molar-refractivity contribution < 1.29 is 4.39 Å². The van der Waals surface area contributed by atoms with Gasteiger partial charge in [-0.1, -0.05) is 0 Å². The highest BCUT2D eigenvalue weighted by molar-refractivity contribution is 5.41. The molecule has 1 aromatic carbocycles. The second-order valence-corrected chi connectivity index (χ2v) is 4.69. The van der Waals surface area contributed by atoms with Crippen LogP contribution in [0, 0.1) is 17.1 Å². The summed E-state index contributed by atoms with van der Waals surface area (Å²) in [6.07, 6.45) is 3.71. The second-order valence-electron chi connectivity index (χ2n) is 4.69. The third kappa shape index (κ3) is 1.85. The Morgan fingerprint density at radius 1 is 1.32 bits per heavy atom. The van der Waals surface area contributed by atoms with Gasteiger partial charge in [0.05, 0.1) is 11.3 Å². The van der Waals surface area contributed by atoms with Gasteiger partial charge in [-0.25, -0.2) is 9.07 Å². The van der Waals surface area contributed by atoms with Crippen molar-refractivity contribution in [2.75, 3.05) is 0 Å². The molecule has 1 N–H and O–H groups in total. The molecule has 0 atom stereocenters. The van der Waals surface area contributed by atoms with Gasteiger partial charge in [0.15, 0.2) is 0 Å². The molecule has 1 aliphatic rings. The molecule has 19 heavy (non-hydrogen) atoms. The minimum Gasteiger partial charge on any atom is -0.295 e. The van der Waals surface area contributed by atoms with E-state index in [0.29, 0.717) is 5.69 Å². The highest BCUT2D eigenvalue weighted by Crippen LogP contribution is 2.18. The van der Waals surface area contributed by atoms with E-state index in [1.165, 1.54) is 16.8 Å². The molecule has 1 aliphatic carbocycles. The fraction of sp³-hybridized carbons (Fsp3) is 0.286. The second kappa shape index (κ2) is 4.39. The topological polar surface area (TPSA) is 61.6 Å². The number of hydrogen-bond acceptors (Lipinski definition) is 2. The van der Waals surface area contributed by atoms with Crippen molar-refractivity contribution in [1.82, 2.24) is 9.78 Å². The van der Waals surface area contributed by atoms with Gasteiger partial charge in [0.1, 0.15) is 11.9 Å². The number of benzene rings is 1. The van der Waals surface area contributed by atoms with E-state index in [4.69, 9.17) is 5.26 Å². The van der Waals surface area contributed by atoms with Crippen LogP contribution in [0.4, 0.5) is 4.39 Å². The van der Waals surface area contributed by atoms with E-state index >= 15 is 0 Å². The Morgan fingerprint density at radius 3 is 2.79 bits per heavy atom. The van der Waals surface area contributed by atoms with Crippen LogP contribution in [0.1, 0.15) is 29.7 Å². The third-order valence-electron chi connectivity index (χ3n) is 3.51. The summed E-state index contributed by atoms with van der Waals surface area (Å²) in [5, 5.41) is 11.7. The summed E-state index contributed by atoms with van der Waals surface area (Å²) in [6.45, 7) is 0. The number of H-pyrrole nitrogens is 1. The molecule has 0 amide bonds. The Labute approximate surface area is 109 Å². The van der Waals surface area contributed by atoms with E-state index in [1.54, 1.807) is 12.1 Å². The summed E-state index contributed by atoms with van der Waals surface area (Å²) in [7, 11) is 0. The number of nitrogens with zero attached hydrogens (tertiary/aromatic N) is 2. The maximum absolute atomic E-state index is 13.6. The summed E-state index contributed by atoms with van der Waals surface area (Å²) in [5.74, 6) is -0.612. The molecule has 1 aromatic heterocycles. The third-order valence-corrected chi connectivity index (χ3v) is 3.51. The standard InChI is InChI=1S/C14H12FN3O/c15-12-7-10(6-5-9(12)8-16)18-14(19)11-3-1-2-4-13(11)17-18/h5-7,17H,1-4H2. The van der Waals surface area contributed by atoms with Gasteiger partial charge in [0, 0.05) is 17.3 Å². The fourth-order valence-corrected chi connectivity index (χ4v) is 2.50. The summed E-state index contributed by atoms with van der Waals surface area (Å²) in [4.78, 5) is 12.2. The molecule has 0 radical (unpaired) electrons. The lowest BCUT2D eigenvalue weighted by molar-refractivity contribution is 0.620. The summed E-state index contributed by atoms with van der Waals surface area (Å²) in [6, 6.07) is 5.94. The van der Waals surface area contributed by atoms with Crippen LogP contribution < -0.4 is 5.56 Å².